The van der Waals surface area contributed by atoms with Crippen LogP contribution >= 0.6 is 24.0 Å². The van der Waals surface area contributed by atoms with Gasteiger partial charge in [-0.1, -0.05) is 6.07 Å². The van der Waals surface area contributed by atoms with Gasteiger partial charge in [-0.3, -0.25) is 4.99 Å². The second-order valence-corrected chi connectivity index (χ2v) is 5.85. The lowest BCUT2D eigenvalue weighted by molar-refractivity contribution is 0.445. The van der Waals surface area contributed by atoms with Crippen molar-refractivity contribution in [1.29, 1.82) is 0 Å². The van der Waals surface area contributed by atoms with Crippen LogP contribution in [0.3, 0.4) is 0 Å². The van der Waals surface area contributed by atoms with Gasteiger partial charge >= 0.3 is 0 Å². The summed E-state index contributed by atoms with van der Waals surface area (Å²) in [7, 11) is 0. The maximum Gasteiger partial charge on any atom is 0.194 e. The highest BCUT2D eigenvalue weighted by Crippen LogP contribution is 2.24. The Morgan fingerprint density at radius 1 is 1.04 bits per heavy atom. The number of nitrogens with two attached hydrogens (primary N) is 1. The quantitative estimate of drug-likeness (QED) is 0.311. The van der Waals surface area contributed by atoms with Crippen LogP contribution in [0.2, 0.25) is 0 Å². The zero-order valence-corrected chi connectivity index (χ0v) is 15.8. The zero-order chi connectivity index (χ0) is 17.1. The first kappa shape index (κ1) is 19.6. The molecule has 3 rings (SSSR count). The fraction of sp³-hybridized carbons (Fsp3) is 0.278. The molecule has 3 nitrogen and oxygen atoms in total. The highest BCUT2D eigenvalue weighted by molar-refractivity contribution is 14.0. The Bertz CT molecular complexity index is 770. The predicted molar refractivity (Wildman–Crippen MR) is 104 cm³/mol. The van der Waals surface area contributed by atoms with Gasteiger partial charge in [0.25, 0.3) is 0 Å². The molecule has 134 valence electrons. The number of anilines is 1. The summed E-state index contributed by atoms with van der Waals surface area (Å²) in [5, 5.41) is 3.01. The molecule has 0 saturated heterocycles. The molecule has 2 aromatic rings. The first-order chi connectivity index (χ1) is 11.5. The highest BCUT2D eigenvalue weighted by atomic mass is 127. The van der Waals surface area contributed by atoms with E-state index in [4.69, 9.17) is 5.73 Å². The molecule has 0 saturated carbocycles. The van der Waals surface area contributed by atoms with Crippen LogP contribution in [0.4, 0.5) is 18.9 Å². The van der Waals surface area contributed by atoms with Crippen molar-refractivity contribution in [2.24, 2.45) is 10.7 Å². The molecule has 0 heterocycles. The molecule has 25 heavy (non-hydrogen) atoms. The van der Waals surface area contributed by atoms with Crippen LogP contribution in [0.1, 0.15) is 23.1 Å². The average molecular weight is 461 g/mol. The van der Waals surface area contributed by atoms with Crippen molar-refractivity contribution in [2.45, 2.75) is 25.7 Å². The molecule has 2 aromatic carbocycles. The minimum absolute atomic E-state index is 0. The van der Waals surface area contributed by atoms with Crippen molar-refractivity contribution in [2.75, 3.05) is 11.9 Å². The molecule has 0 radical (unpaired) electrons. The smallest absolute Gasteiger partial charge is 0.194 e. The van der Waals surface area contributed by atoms with Crippen molar-refractivity contribution in [3.63, 3.8) is 0 Å². The number of nitrogens with one attached hydrogen (secondary N) is 1. The van der Waals surface area contributed by atoms with Gasteiger partial charge in [0.05, 0.1) is 0 Å². The second-order valence-electron chi connectivity index (χ2n) is 5.85. The lowest BCUT2D eigenvalue weighted by Crippen LogP contribution is -2.23. The maximum atomic E-state index is 13.1. The topological polar surface area (TPSA) is 50.4 Å². The molecule has 7 heteroatoms. The van der Waals surface area contributed by atoms with E-state index in [0.717, 1.165) is 30.7 Å². The van der Waals surface area contributed by atoms with Gasteiger partial charge in [-0.05, 0) is 66.6 Å². The minimum atomic E-state index is -1.46. The van der Waals surface area contributed by atoms with E-state index in [0.29, 0.717) is 5.56 Å². The molecular weight excluding hydrogens is 442 g/mol. The van der Waals surface area contributed by atoms with E-state index in [-0.39, 0.29) is 42.9 Å². The molecule has 0 fully saturated rings. The Morgan fingerprint density at radius 3 is 2.44 bits per heavy atom. The third-order valence-corrected chi connectivity index (χ3v) is 4.10. The molecule has 1 aliphatic rings. The lowest BCUT2D eigenvalue weighted by atomic mass is 10.1. The van der Waals surface area contributed by atoms with E-state index in [1.54, 1.807) is 0 Å². The number of hydrogen-bond acceptors (Lipinski definition) is 1. The summed E-state index contributed by atoms with van der Waals surface area (Å²) in [5.74, 6) is -3.62. The Balaban J connectivity index is 0.00000225. The van der Waals surface area contributed by atoms with Crippen molar-refractivity contribution in [1.82, 2.24) is 0 Å². The van der Waals surface area contributed by atoms with Crippen molar-refractivity contribution in [3.8, 4) is 0 Å². The zero-order valence-electron chi connectivity index (χ0n) is 13.5. The van der Waals surface area contributed by atoms with Crippen LogP contribution in [0.25, 0.3) is 0 Å². The van der Waals surface area contributed by atoms with Crippen LogP contribution in [-0.2, 0) is 19.3 Å². The Labute approximate surface area is 161 Å². The number of rotatable bonds is 4. The number of fused-ring (bicyclic) bond motifs is 1. The summed E-state index contributed by atoms with van der Waals surface area (Å²) in [4.78, 5) is 4.13. The number of aliphatic imine (C=N–C) groups is 1. The van der Waals surface area contributed by atoms with Crippen LogP contribution < -0.4 is 11.1 Å². The largest absolute Gasteiger partial charge is 0.370 e. The van der Waals surface area contributed by atoms with Gasteiger partial charge in [0.15, 0.2) is 23.4 Å². The Morgan fingerprint density at radius 2 is 1.72 bits per heavy atom. The van der Waals surface area contributed by atoms with Crippen molar-refractivity contribution < 1.29 is 13.2 Å². The molecule has 1 aliphatic carbocycles. The molecule has 0 amide bonds. The fourth-order valence-corrected chi connectivity index (χ4v) is 2.89. The van der Waals surface area contributed by atoms with E-state index in [1.165, 1.54) is 17.5 Å². The number of nitrogens with zero attached hydrogens (tertiary/aromatic N) is 1. The highest BCUT2D eigenvalue weighted by Gasteiger charge is 2.11. The number of aryl methyl sites for hydroxylation is 2. The van der Waals surface area contributed by atoms with Crippen LogP contribution in [0.15, 0.2) is 35.3 Å². The molecule has 0 aromatic heterocycles. The van der Waals surface area contributed by atoms with E-state index in [1.807, 2.05) is 6.07 Å². The number of guanidine groups is 1. The average Bonchev–Trinajstić information content (AvgIpc) is 3.00. The predicted octanol–water partition coefficient (Wildman–Crippen LogP) is 4.18. The molecule has 0 atom stereocenters. The van der Waals surface area contributed by atoms with Crippen LogP contribution in [0.5, 0.6) is 0 Å². The second kappa shape index (κ2) is 8.55. The van der Waals surface area contributed by atoms with Crippen molar-refractivity contribution in [3.05, 3.63) is 64.5 Å². The first-order valence-corrected chi connectivity index (χ1v) is 7.85. The van der Waals surface area contributed by atoms with Gasteiger partial charge in [0.1, 0.15) is 0 Å². The van der Waals surface area contributed by atoms with Crippen molar-refractivity contribution >= 4 is 35.6 Å². The monoisotopic (exact) mass is 461 g/mol. The number of halogens is 4. The first-order valence-electron chi connectivity index (χ1n) is 7.85. The summed E-state index contributed by atoms with van der Waals surface area (Å²) >= 11 is 0. The van der Waals surface area contributed by atoms with Gasteiger partial charge in [-0.15, -0.1) is 24.0 Å². The number of hydrogen-bond donors (Lipinski definition) is 2. The van der Waals surface area contributed by atoms with E-state index >= 15 is 0 Å². The van der Waals surface area contributed by atoms with Gasteiger partial charge in [-0.25, -0.2) is 13.2 Å². The molecular formula is C18H19F3IN3. The third kappa shape index (κ3) is 4.87. The summed E-state index contributed by atoms with van der Waals surface area (Å²) in [5.41, 5.74) is 9.73. The van der Waals surface area contributed by atoms with Crippen LogP contribution in [-0.4, -0.2) is 12.5 Å². The van der Waals surface area contributed by atoms with Gasteiger partial charge in [0, 0.05) is 12.2 Å². The van der Waals surface area contributed by atoms with E-state index in [9.17, 15) is 13.2 Å². The molecule has 0 unspecified atom stereocenters. The summed E-state index contributed by atoms with van der Waals surface area (Å²) < 4.78 is 39.2. The summed E-state index contributed by atoms with van der Waals surface area (Å²) in [6.45, 7) is 0.244. The number of benzene rings is 2. The third-order valence-electron chi connectivity index (χ3n) is 4.10. The Hall–Kier alpha value is -1.77. The SMILES string of the molecule is I.NC(=NCCc1cc(F)c(F)c(F)c1)Nc1ccc2c(c1)CCC2. The summed E-state index contributed by atoms with van der Waals surface area (Å²) in [6, 6.07) is 8.05. The van der Waals surface area contributed by atoms with Gasteiger partial charge in [0.2, 0.25) is 0 Å². The molecule has 0 spiro atoms. The summed E-state index contributed by atoms with van der Waals surface area (Å²) in [6.07, 6.45) is 3.63. The maximum absolute atomic E-state index is 13.1. The fourth-order valence-electron chi connectivity index (χ4n) is 2.89. The van der Waals surface area contributed by atoms with Gasteiger partial charge < -0.3 is 11.1 Å². The molecule has 0 bridgehead atoms. The van der Waals surface area contributed by atoms with E-state index < -0.39 is 17.5 Å². The Kier molecular flexibility index (Phi) is 6.69. The molecule has 0 aliphatic heterocycles. The minimum Gasteiger partial charge on any atom is -0.370 e. The molecule has 3 N–H and O–H groups in total. The van der Waals surface area contributed by atoms with Crippen LogP contribution in [0, 0.1) is 17.5 Å². The van der Waals surface area contributed by atoms with Gasteiger partial charge in [-0.2, -0.15) is 0 Å². The normalized spacial score (nSPS) is 13.3. The van der Waals surface area contributed by atoms with E-state index in [2.05, 4.69) is 22.4 Å². The standard InChI is InChI=1S/C18H18F3N3.HI/c19-15-8-11(9-16(20)17(15)21)6-7-23-18(22)24-14-5-4-12-2-1-3-13(12)10-14;/h4-5,8-10H,1-3,6-7H2,(H3,22,23,24);1H. The lowest BCUT2D eigenvalue weighted by Gasteiger charge is -2.08.